The first-order valence-corrected chi connectivity index (χ1v) is 7.24. The summed E-state index contributed by atoms with van der Waals surface area (Å²) < 4.78 is 36.7. The first-order valence-electron chi connectivity index (χ1n) is 6.43. The summed E-state index contributed by atoms with van der Waals surface area (Å²) in [5.74, 6) is -0.360. The zero-order chi connectivity index (χ0) is 16.2. The monoisotopic (exact) mass is 326 g/mol. The molecule has 1 amide bonds. The average molecular weight is 326 g/mol. The van der Waals surface area contributed by atoms with E-state index in [1.807, 2.05) is 6.07 Å². The third-order valence-electron chi connectivity index (χ3n) is 2.83. The molecule has 0 saturated heterocycles. The van der Waals surface area contributed by atoms with E-state index in [0.717, 1.165) is 0 Å². The Morgan fingerprint density at radius 1 is 1.18 bits per heavy atom. The summed E-state index contributed by atoms with van der Waals surface area (Å²) in [6.45, 7) is 1.79. The van der Waals surface area contributed by atoms with E-state index < -0.39 is 5.51 Å². The van der Waals surface area contributed by atoms with Gasteiger partial charge in [0.15, 0.2) is 0 Å². The fourth-order valence-electron chi connectivity index (χ4n) is 1.79. The number of amides is 1. The fraction of sp³-hybridized carbons (Fsp3) is 0.200. The Hall–Kier alpha value is -2.02. The molecule has 3 nitrogen and oxygen atoms in total. The molecule has 7 heteroatoms. The molecule has 0 unspecified atom stereocenters. The van der Waals surface area contributed by atoms with Gasteiger partial charge in [0.2, 0.25) is 0 Å². The van der Waals surface area contributed by atoms with E-state index in [1.54, 1.807) is 25.3 Å². The van der Waals surface area contributed by atoms with Crippen molar-refractivity contribution < 1.29 is 18.0 Å². The molecule has 0 spiro atoms. The van der Waals surface area contributed by atoms with Gasteiger partial charge in [-0.3, -0.25) is 9.78 Å². The summed E-state index contributed by atoms with van der Waals surface area (Å²) in [6.07, 6.45) is 1.63. The molecule has 0 radical (unpaired) electrons. The van der Waals surface area contributed by atoms with Crippen LogP contribution >= 0.6 is 11.8 Å². The summed E-state index contributed by atoms with van der Waals surface area (Å²) in [5.41, 5.74) is -3.33. The number of pyridine rings is 1. The molecule has 22 heavy (non-hydrogen) atoms. The number of rotatable bonds is 4. The fourth-order valence-corrected chi connectivity index (χ4v) is 2.33. The molecule has 2 rings (SSSR count). The van der Waals surface area contributed by atoms with Gasteiger partial charge in [-0.05, 0) is 55.1 Å². The molecule has 1 aromatic carbocycles. The maximum atomic E-state index is 12.2. The van der Waals surface area contributed by atoms with E-state index in [0.29, 0.717) is 11.3 Å². The van der Waals surface area contributed by atoms with Crippen LogP contribution in [0, 0.1) is 0 Å². The van der Waals surface area contributed by atoms with E-state index in [-0.39, 0.29) is 28.6 Å². The number of aromatic nitrogens is 1. The van der Waals surface area contributed by atoms with Crippen molar-refractivity contribution in [2.75, 3.05) is 0 Å². The average Bonchev–Trinajstić information content (AvgIpc) is 2.47. The predicted molar refractivity (Wildman–Crippen MR) is 78.5 cm³/mol. The van der Waals surface area contributed by atoms with Crippen molar-refractivity contribution >= 4 is 17.7 Å². The van der Waals surface area contributed by atoms with Crippen LogP contribution in [-0.4, -0.2) is 16.4 Å². The van der Waals surface area contributed by atoms with Crippen molar-refractivity contribution in [3.05, 3.63) is 59.9 Å². The van der Waals surface area contributed by atoms with Crippen molar-refractivity contribution in [3.63, 3.8) is 0 Å². The number of halogens is 3. The van der Waals surface area contributed by atoms with Gasteiger partial charge in [0, 0.05) is 16.7 Å². The van der Waals surface area contributed by atoms with E-state index >= 15 is 0 Å². The second-order valence-electron chi connectivity index (χ2n) is 4.52. The van der Waals surface area contributed by atoms with E-state index in [4.69, 9.17) is 0 Å². The molecule has 0 saturated carbocycles. The lowest BCUT2D eigenvalue weighted by atomic mass is 10.1. The minimum absolute atomic E-state index is 0.0434. The normalized spacial score (nSPS) is 12.7. The van der Waals surface area contributed by atoms with Gasteiger partial charge in [0.1, 0.15) is 0 Å². The van der Waals surface area contributed by atoms with Gasteiger partial charge >= 0.3 is 5.51 Å². The van der Waals surface area contributed by atoms with Gasteiger partial charge in [0.25, 0.3) is 5.91 Å². The zero-order valence-corrected chi connectivity index (χ0v) is 12.4. The molecule has 116 valence electrons. The third kappa shape index (κ3) is 4.77. The largest absolute Gasteiger partial charge is 0.446 e. The van der Waals surface area contributed by atoms with Crippen molar-refractivity contribution in [2.45, 2.75) is 23.4 Å². The van der Waals surface area contributed by atoms with E-state index in [9.17, 15) is 18.0 Å². The first kappa shape index (κ1) is 16.4. The maximum absolute atomic E-state index is 12.2. The summed E-state index contributed by atoms with van der Waals surface area (Å²) in [7, 11) is 0. The molecule has 0 fully saturated rings. The van der Waals surface area contributed by atoms with Crippen LogP contribution in [-0.2, 0) is 0 Å². The molecule has 2 aromatic rings. The highest BCUT2D eigenvalue weighted by Crippen LogP contribution is 2.36. The van der Waals surface area contributed by atoms with E-state index in [2.05, 4.69) is 10.3 Å². The molecule has 1 aromatic heterocycles. The maximum Gasteiger partial charge on any atom is 0.446 e. The number of carbonyl (C=O) groups is 1. The lowest BCUT2D eigenvalue weighted by Crippen LogP contribution is -2.27. The van der Waals surface area contributed by atoms with Crippen LogP contribution in [0.2, 0.25) is 0 Å². The lowest BCUT2D eigenvalue weighted by Gasteiger charge is -2.13. The molecule has 0 aliphatic heterocycles. The SMILES string of the molecule is C[C@H](NC(=O)c1ccc(SC(F)(F)F)cc1)c1ccccn1. The van der Waals surface area contributed by atoms with E-state index in [1.165, 1.54) is 24.3 Å². The molecule has 1 atom stereocenters. The number of nitrogens with zero attached hydrogens (tertiary/aromatic N) is 1. The minimum atomic E-state index is -4.34. The van der Waals surface area contributed by atoms with Gasteiger partial charge in [0.05, 0.1) is 11.7 Å². The summed E-state index contributed by atoms with van der Waals surface area (Å²) in [5, 5.41) is 2.75. The molecular formula is C15H13F3N2OS. The number of hydrogen-bond donors (Lipinski definition) is 1. The number of thioether (sulfide) groups is 1. The number of hydrogen-bond acceptors (Lipinski definition) is 3. The van der Waals surface area contributed by atoms with Crippen LogP contribution < -0.4 is 5.32 Å². The van der Waals surface area contributed by atoms with Gasteiger partial charge in [-0.15, -0.1) is 0 Å². The lowest BCUT2D eigenvalue weighted by molar-refractivity contribution is -0.0328. The predicted octanol–water partition coefficient (Wildman–Crippen LogP) is 4.18. The summed E-state index contributed by atoms with van der Waals surface area (Å²) >= 11 is -0.210. The van der Waals surface area contributed by atoms with Crippen molar-refractivity contribution in [3.8, 4) is 0 Å². The van der Waals surface area contributed by atoms with Crippen molar-refractivity contribution in [1.29, 1.82) is 0 Å². The van der Waals surface area contributed by atoms with Crippen LogP contribution in [0.4, 0.5) is 13.2 Å². The Morgan fingerprint density at radius 3 is 2.41 bits per heavy atom. The van der Waals surface area contributed by atoms with Gasteiger partial charge in [-0.25, -0.2) is 0 Å². The van der Waals surface area contributed by atoms with Crippen LogP contribution in [0.25, 0.3) is 0 Å². The van der Waals surface area contributed by atoms with Crippen molar-refractivity contribution in [2.24, 2.45) is 0 Å². The molecule has 1 heterocycles. The zero-order valence-electron chi connectivity index (χ0n) is 11.6. The molecule has 0 aliphatic rings. The van der Waals surface area contributed by atoms with Gasteiger partial charge in [-0.1, -0.05) is 6.07 Å². The number of benzene rings is 1. The molecule has 0 bridgehead atoms. The van der Waals surface area contributed by atoms with Crippen LogP contribution in [0.3, 0.4) is 0 Å². The molecular weight excluding hydrogens is 313 g/mol. The Morgan fingerprint density at radius 2 is 1.86 bits per heavy atom. The Labute approximate surface area is 129 Å². The summed E-state index contributed by atoms with van der Waals surface area (Å²) in [6, 6.07) is 10.4. The van der Waals surface area contributed by atoms with Crippen molar-refractivity contribution in [1.82, 2.24) is 10.3 Å². The highest BCUT2D eigenvalue weighted by Gasteiger charge is 2.29. The Kier molecular flexibility index (Phi) is 5.07. The second-order valence-corrected chi connectivity index (χ2v) is 5.66. The second kappa shape index (κ2) is 6.83. The van der Waals surface area contributed by atoms with Crippen LogP contribution in [0.1, 0.15) is 29.0 Å². The highest BCUT2D eigenvalue weighted by molar-refractivity contribution is 8.00. The molecule has 0 aliphatic carbocycles. The Bertz CT molecular complexity index is 629. The standard InChI is InChI=1S/C15H13F3N2OS/c1-10(13-4-2-3-9-19-13)20-14(21)11-5-7-12(8-6-11)22-15(16,17)18/h2-10H,1H3,(H,20,21)/t10-/m0/s1. The highest BCUT2D eigenvalue weighted by atomic mass is 32.2. The number of alkyl halides is 3. The third-order valence-corrected chi connectivity index (χ3v) is 3.57. The topological polar surface area (TPSA) is 42.0 Å². The van der Waals surface area contributed by atoms with Gasteiger partial charge < -0.3 is 5.32 Å². The number of nitrogens with one attached hydrogen (secondary N) is 1. The quantitative estimate of drug-likeness (QED) is 0.857. The van der Waals surface area contributed by atoms with Crippen LogP contribution in [0.15, 0.2) is 53.6 Å². The minimum Gasteiger partial charge on any atom is -0.344 e. The Balaban J connectivity index is 2.01. The number of carbonyl (C=O) groups excluding carboxylic acids is 1. The van der Waals surface area contributed by atoms with Gasteiger partial charge in [-0.2, -0.15) is 13.2 Å². The molecule has 1 N–H and O–H groups in total. The smallest absolute Gasteiger partial charge is 0.344 e. The first-order chi connectivity index (χ1) is 10.3. The van der Waals surface area contributed by atoms with Crippen LogP contribution in [0.5, 0.6) is 0 Å². The summed E-state index contributed by atoms with van der Waals surface area (Å²) in [4.78, 5) is 16.2.